The van der Waals surface area contributed by atoms with Crippen LogP contribution in [0.5, 0.6) is 0 Å². The average Bonchev–Trinajstić information content (AvgIpc) is 3.08. The van der Waals surface area contributed by atoms with Crippen LogP contribution >= 0.6 is 0 Å². The molecule has 0 N–H and O–H groups in total. The van der Waals surface area contributed by atoms with Crippen molar-refractivity contribution in [3.63, 3.8) is 0 Å². The quantitative estimate of drug-likeness (QED) is 0.415. The minimum absolute atomic E-state index is 0.247. The monoisotopic (exact) mass is 496 g/mol. The Labute approximate surface area is 196 Å². The molecule has 0 saturated carbocycles. The van der Waals surface area contributed by atoms with Gasteiger partial charge in [-0.3, -0.25) is 0 Å². The zero-order chi connectivity index (χ0) is 22.1. The molecule has 1 aliphatic heterocycles. The molecule has 0 atom stereocenters. The van der Waals surface area contributed by atoms with Crippen molar-refractivity contribution in [1.82, 2.24) is 0 Å². The number of nitrogens with zero attached hydrogens (tertiary/aromatic N) is 2. The molecular weight excluding hydrogens is 465 g/mol. The number of hydrogen-bond acceptors (Lipinski definition) is 2. The standard InChI is InChI=1S/C28H30N2.Ru/c1-18-13-20(3)26(21(4)14-18)29-11-12-30(27-22(5)15-19(2)16-23(27)6)28(29)17-24-9-7-8-10-25(24)28;/h7-10,13-16H,11-12H2,1-6H3;. The van der Waals surface area contributed by atoms with Gasteiger partial charge >= 0.3 is 196 Å². The van der Waals surface area contributed by atoms with Gasteiger partial charge in [-0.2, -0.15) is 0 Å². The summed E-state index contributed by atoms with van der Waals surface area (Å²) in [5, 5.41) is 0. The van der Waals surface area contributed by atoms with Gasteiger partial charge in [0.05, 0.1) is 0 Å². The number of anilines is 2. The van der Waals surface area contributed by atoms with Crippen LogP contribution in [0.3, 0.4) is 0 Å². The summed E-state index contributed by atoms with van der Waals surface area (Å²) in [7, 11) is 0. The number of fused-ring (bicyclic) bond motifs is 2. The molecule has 1 aliphatic carbocycles. The van der Waals surface area contributed by atoms with Crippen LogP contribution in [0.25, 0.3) is 0 Å². The molecule has 3 heteroatoms. The first kappa shape index (κ1) is 20.6. The predicted octanol–water partition coefficient (Wildman–Crippen LogP) is 5.80. The Morgan fingerprint density at radius 1 is 0.677 bits per heavy atom. The van der Waals surface area contributed by atoms with E-state index in [4.69, 9.17) is 0 Å². The van der Waals surface area contributed by atoms with Crippen molar-refractivity contribution < 1.29 is 17.9 Å². The Balaban J connectivity index is 1.78. The summed E-state index contributed by atoms with van der Waals surface area (Å²) < 4.78 is 1.39. The van der Waals surface area contributed by atoms with Crippen LogP contribution in [0, 0.1) is 41.5 Å². The molecule has 0 bridgehead atoms. The zero-order valence-corrected chi connectivity index (χ0v) is 21.0. The molecule has 160 valence electrons. The number of benzene rings is 3. The van der Waals surface area contributed by atoms with Gasteiger partial charge in [-0.05, 0) is 0 Å². The first-order valence-corrected chi connectivity index (χ1v) is 12.0. The van der Waals surface area contributed by atoms with Crippen molar-refractivity contribution in [2.45, 2.75) is 47.2 Å². The Morgan fingerprint density at radius 2 is 1.10 bits per heavy atom. The van der Waals surface area contributed by atoms with Crippen molar-refractivity contribution >= 4 is 15.5 Å². The summed E-state index contributed by atoms with van der Waals surface area (Å²) in [5.74, 6) is 0. The van der Waals surface area contributed by atoms with Crippen molar-refractivity contribution in [3.8, 4) is 0 Å². The topological polar surface area (TPSA) is 6.48 Å². The third-order valence-electron chi connectivity index (χ3n) is 6.97. The number of hydrogen-bond donors (Lipinski definition) is 0. The van der Waals surface area contributed by atoms with Crippen LogP contribution in [0.2, 0.25) is 0 Å². The summed E-state index contributed by atoms with van der Waals surface area (Å²) in [5.41, 5.74) is 13.4. The van der Waals surface area contributed by atoms with Crippen LogP contribution in [0.15, 0.2) is 48.5 Å². The fourth-order valence-corrected chi connectivity index (χ4v) is 7.23. The Hall–Kier alpha value is -2.25. The molecule has 2 aliphatic rings. The summed E-state index contributed by atoms with van der Waals surface area (Å²) in [4.78, 5) is 5.34. The second kappa shape index (κ2) is 7.14. The van der Waals surface area contributed by atoms with Gasteiger partial charge in [0.25, 0.3) is 0 Å². The second-order valence-electron chi connectivity index (χ2n) is 9.32. The number of aryl methyl sites for hydroxylation is 6. The molecule has 31 heavy (non-hydrogen) atoms. The molecule has 0 radical (unpaired) electrons. The van der Waals surface area contributed by atoms with Gasteiger partial charge < -0.3 is 0 Å². The second-order valence-corrected chi connectivity index (χ2v) is 10.2. The van der Waals surface area contributed by atoms with Gasteiger partial charge in [-0.15, -0.1) is 0 Å². The van der Waals surface area contributed by atoms with E-state index >= 15 is 0 Å². The molecule has 1 fully saturated rings. The molecule has 0 amide bonds. The van der Waals surface area contributed by atoms with Crippen LogP contribution in [-0.2, 0) is 23.5 Å². The summed E-state index contributed by atoms with van der Waals surface area (Å²) >= 11 is 2.99. The molecule has 0 unspecified atom stereocenters. The van der Waals surface area contributed by atoms with E-state index in [2.05, 4.69) is 118 Å². The maximum absolute atomic E-state index is 2.99. The fourth-order valence-electron chi connectivity index (χ4n) is 6.15. The maximum atomic E-state index is 2.99. The molecule has 3 aromatic carbocycles. The average molecular weight is 496 g/mol. The molecule has 1 spiro atoms. The van der Waals surface area contributed by atoms with Gasteiger partial charge in [-0.1, -0.05) is 0 Å². The van der Waals surface area contributed by atoms with E-state index in [0.717, 1.165) is 13.1 Å². The van der Waals surface area contributed by atoms with E-state index in [-0.39, 0.29) is 5.66 Å². The predicted molar refractivity (Wildman–Crippen MR) is 128 cm³/mol. The first-order chi connectivity index (χ1) is 14.8. The van der Waals surface area contributed by atoms with Crippen molar-refractivity contribution in [1.29, 1.82) is 0 Å². The van der Waals surface area contributed by atoms with Gasteiger partial charge in [0.1, 0.15) is 0 Å². The van der Waals surface area contributed by atoms with Crippen LogP contribution in [-0.4, -0.2) is 17.2 Å². The fraction of sp³-hybridized carbons (Fsp3) is 0.321. The molecule has 5 rings (SSSR count). The van der Waals surface area contributed by atoms with Crippen LogP contribution < -0.4 is 9.80 Å². The van der Waals surface area contributed by atoms with E-state index in [1.807, 2.05) is 0 Å². The molecule has 2 nitrogen and oxygen atoms in total. The van der Waals surface area contributed by atoms with Gasteiger partial charge in [0, 0.05) is 0 Å². The molecular formula is C28H30N2Ru. The molecule has 0 aromatic heterocycles. The summed E-state index contributed by atoms with van der Waals surface area (Å²) in [6.45, 7) is 15.5. The van der Waals surface area contributed by atoms with E-state index in [1.165, 1.54) is 60.0 Å². The number of rotatable bonds is 2. The van der Waals surface area contributed by atoms with E-state index in [0.29, 0.717) is 0 Å². The Morgan fingerprint density at radius 3 is 1.55 bits per heavy atom. The normalized spacial score (nSPS) is 16.7. The Bertz CT molecular complexity index is 1130. The molecule has 1 heterocycles. The summed E-state index contributed by atoms with van der Waals surface area (Å²) in [6, 6.07) is 18.3. The third kappa shape index (κ3) is 2.75. The van der Waals surface area contributed by atoms with Gasteiger partial charge in [0.15, 0.2) is 0 Å². The zero-order valence-electron chi connectivity index (χ0n) is 19.3. The van der Waals surface area contributed by atoms with Gasteiger partial charge in [0.2, 0.25) is 0 Å². The minimum atomic E-state index is -0.247. The van der Waals surface area contributed by atoms with Gasteiger partial charge in [-0.25, -0.2) is 0 Å². The third-order valence-corrected chi connectivity index (χ3v) is 8.04. The van der Waals surface area contributed by atoms with Crippen molar-refractivity contribution in [2.75, 3.05) is 22.9 Å². The van der Waals surface area contributed by atoms with Crippen LogP contribution in [0.1, 0.15) is 44.5 Å². The van der Waals surface area contributed by atoms with E-state index < -0.39 is 0 Å². The summed E-state index contributed by atoms with van der Waals surface area (Å²) in [6.07, 6.45) is 0. The molecule has 3 aromatic rings. The van der Waals surface area contributed by atoms with Crippen molar-refractivity contribution in [2.24, 2.45) is 0 Å². The Kier molecular flexibility index (Phi) is 4.75. The molecule has 1 saturated heterocycles. The van der Waals surface area contributed by atoms with E-state index in [1.54, 1.807) is 0 Å². The van der Waals surface area contributed by atoms with Crippen LogP contribution in [0.4, 0.5) is 11.4 Å². The SMILES string of the molecule is Cc1cc(C)c(N2CCN(c3c(C)cc(C)cc3C)C23[C](=[Ru])c2ccccc23)c(C)c1. The first-order valence-electron chi connectivity index (χ1n) is 11.1. The van der Waals surface area contributed by atoms with E-state index in [9.17, 15) is 0 Å². The van der Waals surface area contributed by atoms with Crippen molar-refractivity contribution in [3.05, 3.63) is 93.0 Å².